The summed E-state index contributed by atoms with van der Waals surface area (Å²) >= 11 is 0. The van der Waals surface area contributed by atoms with Gasteiger partial charge in [0.15, 0.2) is 0 Å². The minimum atomic E-state index is -0.202. The van der Waals surface area contributed by atoms with Gasteiger partial charge in [0, 0.05) is 11.8 Å². The molecular weight excluding hydrogens is 290 g/mol. The molecule has 0 bridgehead atoms. The van der Waals surface area contributed by atoms with Crippen LogP contribution in [0.2, 0.25) is 0 Å². The van der Waals surface area contributed by atoms with E-state index in [1.807, 2.05) is 50.2 Å². The van der Waals surface area contributed by atoms with Gasteiger partial charge < -0.3 is 14.8 Å². The molecule has 0 heterocycles. The molecule has 0 spiro atoms. The highest BCUT2D eigenvalue weighted by Crippen LogP contribution is 2.29. The monoisotopic (exact) mass is 311 g/mol. The van der Waals surface area contributed by atoms with Crippen molar-refractivity contribution < 1.29 is 14.3 Å². The Bertz CT molecular complexity index is 713. The van der Waals surface area contributed by atoms with Crippen molar-refractivity contribution in [2.24, 2.45) is 0 Å². The predicted molar refractivity (Wildman–Crippen MR) is 93.1 cm³/mol. The van der Waals surface area contributed by atoms with Crippen LogP contribution in [0, 0.1) is 13.8 Å². The van der Waals surface area contributed by atoms with E-state index in [1.54, 1.807) is 20.3 Å². The van der Waals surface area contributed by atoms with Crippen LogP contribution in [0.15, 0.2) is 42.5 Å². The van der Waals surface area contributed by atoms with E-state index in [0.717, 1.165) is 22.4 Å². The molecule has 0 unspecified atom stereocenters. The number of aryl methyl sites for hydroxylation is 2. The Morgan fingerprint density at radius 1 is 1.04 bits per heavy atom. The van der Waals surface area contributed by atoms with Crippen LogP contribution in [0.4, 0.5) is 5.69 Å². The van der Waals surface area contributed by atoms with Crippen LogP contribution in [0.25, 0.3) is 6.08 Å². The highest BCUT2D eigenvalue weighted by molar-refractivity contribution is 6.02. The standard InChI is InChI=1S/C19H21NO3/c1-13-8-9-14(2)16(12-13)20-19(21)11-10-15-17(22-3)6-5-7-18(15)23-4/h5-12H,1-4H3,(H,20,21). The molecule has 0 atom stereocenters. The van der Waals surface area contributed by atoms with Gasteiger partial charge in [0.1, 0.15) is 11.5 Å². The number of carbonyl (C=O) groups is 1. The molecule has 0 aliphatic rings. The van der Waals surface area contributed by atoms with E-state index < -0.39 is 0 Å². The second kappa shape index (κ2) is 7.49. The highest BCUT2D eigenvalue weighted by atomic mass is 16.5. The predicted octanol–water partition coefficient (Wildman–Crippen LogP) is 3.97. The lowest BCUT2D eigenvalue weighted by Gasteiger charge is -2.10. The molecule has 0 radical (unpaired) electrons. The van der Waals surface area contributed by atoms with Gasteiger partial charge in [0.25, 0.3) is 0 Å². The van der Waals surface area contributed by atoms with Crippen molar-refractivity contribution in [1.29, 1.82) is 0 Å². The van der Waals surface area contributed by atoms with Crippen LogP contribution in [0.1, 0.15) is 16.7 Å². The van der Waals surface area contributed by atoms with E-state index in [1.165, 1.54) is 6.08 Å². The Hall–Kier alpha value is -2.75. The van der Waals surface area contributed by atoms with Crippen LogP contribution >= 0.6 is 0 Å². The molecule has 1 amide bonds. The molecule has 4 nitrogen and oxygen atoms in total. The summed E-state index contributed by atoms with van der Waals surface area (Å²) in [5, 5.41) is 2.89. The van der Waals surface area contributed by atoms with E-state index in [-0.39, 0.29) is 5.91 Å². The molecule has 0 saturated carbocycles. The summed E-state index contributed by atoms with van der Waals surface area (Å²) in [5.41, 5.74) is 3.66. The lowest BCUT2D eigenvalue weighted by molar-refractivity contribution is -0.111. The number of anilines is 1. The van der Waals surface area contributed by atoms with Crippen molar-refractivity contribution in [2.75, 3.05) is 19.5 Å². The third kappa shape index (κ3) is 4.13. The molecule has 0 aliphatic carbocycles. The number of carbonyl (C=O) groups excluding carboxylic acids is 1. The van der Waals surface area contributed by atoms with Gasteiger partial charge in [0.2, 0.25) is 5.91 Å². The molecule has 2 rings (SSSR count). The molecule has 0 fully saturated rings. The first kappa shape index (κ1) is 16.6. The van der Waals surface area contributed by atoms with E-state index in [9.17, 15) is 4.79 Å². The van der Waals surface area contributed by atoms with Crippen LogP contribution in [0.5, 0.6) is 11.5 Å². The van der Waals surface area contributed by atoms with Gasteiger partial charge in [-0.2, -0.15) is 0 Å². The van der Waals surface area contributed by atoms with Crippen LogP contribution in [-0.4, -0.2) is 20.1 Å². The molecule has 2 aromatic carbocycles. The normalized spacial score (nSPS) is 10.6. The van der Waals surface area contributed by atoms with E-state index in [2.05, 4.69) is 5.32 Å². The first-order valence-corrected chi connectivity index (χ1v) is 7.32. The number of amides is 1. The van der Waals surface area contributed by atoms with Crippen molar-refractivity contribution in [2.45, 2.75) is 13.8 Å². The summed E-state index contributed by atoms with van der Waals surface area (Å²) in [6, 6.07) is 11.4. The topological polar surface area (TPSA) is 47.6 Å². The molecular formula is C19H21NO3. The van der Waals surface area contributed by atoms with Gasteiger partial charge in [0.05, 0.1) is 19.8 Å². The van der Waals surface area contributed by atoms with E-state index >= 15 is 0 Å². The number of hydrogen-bond donors (Lipinski definition) is 1. The first-order chi connectivity index (χ1) is 11.0. The summed E-state index contributed by atoms with van der Waals surface area (Å²) < 4.78 is 10.6. The van der Waals surface area contributed by atoms with Gasteiger partial charge in [-0.3, -0.25) is 4.79 Å². The fourth-order valence-electron chi connectivity index (χ4n) is 2.25. The highest BCUT2D eigenvalue weighted by Gasteiger charge is 2.07. The van der Waals surface area contributed by atoms with Gasteiger partial charge in [-0.15, -0.1) is 0 Å². The minimum Gasteiger partial charge on any atom is -0.496 e. The number of hydrogen-bond acceptors (Lipinski definition) is 3. The van der Waals surface area contributed by atoms with E-state index in [4.69, 9.17) is 9.47 Å². The maximum absolute atomic E-state index is 12.2. The maximum Gasteiger partial charge on any atom is 0.248 e. The first-order valence-electron chi connectivity index (χ1n) is 7.32. The molecule has 0 aromatic heterocycles. The Labute approximate surface area is 136 Å². The Morgan fingerprint density at radius 2 is 1.70 bits per heavy atom. The van der Waals surface area contributed by atoms with Crippen molar-refractivity contribution in [3.63, 3.8) is 0 Å². The van der Waals surface area contributed by atoms with Crippen LogP contribution < -0.4 is 14.8 Å². The molecule has 2 aromatic rings. The lowest BCUT2D eigenvalue weighted by atomic mass is 10.1. The minimum absolute atomic E-state index is 0.202. The number of ether oxygens (including phenoxy) is 2. The Morgan fingerprint density at radius 3 is 2.30 bits per heavy atom. The Kier molecular flexibility index (Phi) is 5.41. The van der Waals surface area contributed by atoms with Crippen LogP contribution in [0.3, 0.4) is 0 Å². The van der Waals surface area contributed by atoms with Gasteiger partial charge in [-0.25, -0.2) is 0 Å². The number of benzene rings is 2. The van der Waals surface area contributed by atoms with Gasteiger partial charge >= 0.3 is 0 Å². The smallest absolute Gasteiger partial charge is 0.248 e. The Balaban J connectivity index is 2.20. The quantitative estimate of drug-likeness (QED) is 0.850. The number of rotatable bonds is 5. The molecule has 0 saturated heterocycles. The largest absolute Gasteiger partial charge is 0.496 e. The summed E-state index contributed by atoms with van der Waals surface area (Å²) in [6.07, 6.45) is 3.17. The second-order valence-corrected chi connectivity index (χ2v) is 5.22. The maximum atomic E-state index is 12.2. The summed E-state index contributed by atoms with van der Waals surface area (Å²) in [6.45, 7) is 3.95. The third-order valence-corrected chi connectivity index (χ3v) is 3.52. The average molecular weight is 311 g/mol. The fraction of sp³-hybridized carbons (Fsp3) is 0.211. The van der Waals surface area contributed by atoms with Gasteiger partial charge in [-0.05, 0) is 49.2 Å². The van der Waals surface area contributed by atoms with E-state index in [0.29, 0.717) is 11.5 Å². The number of methoxy groups -OCH3 is 2. The van der Waals surface area contributed by atoms with Crippen molar-refractivity contribution in [3.05, 3.63) is 59.2 Å². The zero-order valence-corrected chi connectivity index (χ0v) is 13.8. The lowest BCUT2D eigenvalue weighted by Crippen LogP contribution is -2.09. The second-order valence-electron chi connectivity index (χ2n) is 5.22. The molecule has 120 valence electrons. The summed E-state index contributed by atoms with van der Waals surface area (Å²) in [7, 11) is 3.17. The average Bonchev–Trinajstić information content (AvgIpc) is 2.55. The molecule has 23 heavy (non-hydrogen) atoms. The van der Waals surface area contributed by atoms with Crippen molar-refractivity contribution in [1.82, 2.24) is 0 Å². The fourth-order valence-corrected chi connectivity index (χ4v) is 2.25. The van der Waals surface area contributed by atoms with Gasteiger partial charge in [-0.1, -0.05) is 18.2 Å². The number of nitrogens with one attached hydrogen (secondary N) is 1. The van der Waals surface area contributed by atoms with Crippen molar-refractivity contribution >= 4 is 17.7 Å². The third-order valence-electron chi connectivity index (χ3n) is 3.52. The summed E-state index contributed by atoms with van der Waals surface area (Å²) in [4.78, 5) is 12.2. The SMILES string of the molecule is COc1cccc(OC)c1C=CC(=O)Nc1cc(C)ccc1C. The van der Waals surface area contributed by atoms with Crippen LogP contribution in [-0.2, 0) is 4.79 Å². The molecule has 0 aliphatic heterocycles. The summed E-state index contributed by atoms with van der Waals surface area (Å²) in [5.74, 6) is 1.10. The van der Waals surface area contributed by atoms with Crippen molar-refractivity contribution in [3.8, 4) is 11.5 Å². The zero-order chi connectivity index (χ0) is 16.8. The zero-order valence-electron chi connectivity index (χ0n) is 13.8. The molecule has 4 heteroatoms. The molecule has 1 N–H and O–H groups in total.